The molecule has 27 heavy (non-hydrogen) atoms. The maximum atomic E-state index is 11.4. The Balaban J connectivity index is 1.22. The lowest BCUT2D eigenvalue weighted by Crippen LogP contribution is -2.18. The first kappa shape index (κ1) is 18.0. The number of fused-ring (bicyclic) bond motifs is 1. The van der Waals surface area contributed by atoms with Crippen molar-refractivity contribution in [3.8, 4) is 5.75 Å². The van der Waals surface area contributed by atoms with Gasteiger partial charge in [0.15, 0.2) is 0 Å². The van der Waals surface area contributed by atoms with E-state index in [-0.39, 0.29) is 5.91 Å². The zero-order valence-corrected chi connectivity index (χ0v) is 15.8. The van der Waals surface area contributed by atoms with E-state index in [9.17, 15) is 4.79 Å². The van der Waals surface area contributed by atoms with Crippen molar-refractivity contribution in [1.82, 2.24) is 15.0 Å². The molecule has 1 aromatic heterocycles. The van der Waals surface area contributed by atoms with Gasteiger partial charge in [-0.25, -0.2) is 4.68 Å². The number of nitrogens with one attached hydrogen (secondary N) is 1. The van der Waals surface area contributed by atoms with Gasteiger partial charge in [-0.05, 0) is 62.3 Å². The fraction of sp³-hybridized carbons (Fsp3) is 0.571. The lowest BCUT2D eigenvalue weighted by molar-refractivity contribution is -0.116. The van der Waals surface area contributed by atoms with Crippen molar-refractivity contribution >= 4 is 11.6 Å². The fourth-order valence-corrected chi connectivity index (χ4v) is 4.12. The van der Waals surface area contributed by atoms with Crippen LogP contribution in [0.4, 0.5) is 5.69 Å². The van der Waals surface area contributed by atoms with Gasteiger partial charge in [0.2, 0.25) is 5.91 Å². The SMILES string of the molecule is O=C1CCc2cc(OCCCCc3cnnn3C3CCCCC3)ccc2N1. The van der Waals surface area contributed by atoms with Gasteiger partial charge in [-0.15, -0.1) is 5.10 Å². The number of nitrogens with zero attached hydrogens (tertiary/aromatic N) is 3. The number of aryl methyl sites for hydroxylation is 2. The summed E-state index contributed by atoms with van der Waals surface area (Å²) in [7, 11) is 0. The Hall–Kier alpha value is -2.37. The van der Waals surface area contributed by atoms with Crippen molar-refractivity contribution in [3.05, 3.63) is 35.7 Å². The Bertz CT molecular complexity index is 780. The molecule has 0 saturated heterocycles. The number of rotatable bonds is 7. The Morgan fingerprint density at radius 1 is 1.15 bits per heavy atom. The minimum atomic E-state index is 0.0955. The van der Waals surface area contributed by atoms with Gasteiger partial charge in [0, 0.05) is 12.1 Å². The Morgan fingerprint density at radius 2 is 2.04 bits per heavy atom. The van der Waals surface area contributed by atoms with Crippen LogP contribution in [0, 0.1) is 0 Å². The molecule has 4 rings (SSSR count). The number of unbranched alkanes of at least 4 members (excludes halogenated alkanes) is 1. The largest absolute Gasteiger partial charge is 0.494 e. The van der Waals surface area contributed by atoms with Gasteiger partial charge in [0.05, 0.1) is 24.5 Å². The van der Waals surface area contributed by atoms with E-state index in [0.29, 0.717) is 19.1 Å². The maximum absolute atomic E-state index is 11.4. The summed E-state index contributed by atoms with van der Waals surface area (Å²) >= 11 is 0. The standard InChI is InChI=1S/C21H28N4O2/c26-21-12-9-16-14-19(10-11-20(16)23-21)27-13-5-4-8-18-15-22-24-25(18)17-6-2-1-3-7-17/h10-11,14-15,17H,1-9,12-13H2,(H,23,26). The first-order valence-electron chi connectivity index (χ1n) is 10.2. The summed E-state index contributed by atoms with van der Waals surface area (Å²) in [6.45, 7) is 0.705. The van der Waals surface area contributed by atoms with E-state index in [0.717, 1.165) is 42.7 Å². The maximum Gasteiger partial charge on any atom is 0.224 e. The van der Waals surface area contributed by atoms with E-state index in [4.69, 9.17) is 4.74 Å². The molecule has 2 aliphatic rings. The molecule has 0 spiro atoms. The lowest BCUT2D eigenvalue weighted by Gasteiger charge is -2.23. The number of benzene rings is 1. The highest BCUT2D eigenvalue weighted by Crippen LogP contribution is 2.29. The van der Waals surface area contributed by atoms with E-state index in [2.05, 4.69) is 26.4 Å². The molecular weight excluding hydrogens is 340 g/mol. The van der Waals surface area contributed by atoms with Crippen LogP contribution in [0.15, 0.2) is 24.4 Å². The number of anilines is 1. The van der Waals surface area contributed by atoms with Crippen LogP contribution in [-0.2, 0) is 17.6 Å². The summed E-state index contributed by atoms with van der Waals surface area (Å²) < 4.78 is 8.08. The van der Waals surface area contributed by atoms with Crippen LogP contribution in [0.25, 0.3) is 0 Å². The van der Waals surface area contributed by atoms with Gasteiger partial charge in [0.25, 0.3) is 0 Å². The molecule has 2 heterocycles. The van der Waals surface area contributed by atoms with Gasteiger partial charge in [0.1, 0.15) is 5.75 Å². The van der Waals surface area contributed by atoms with Gasteiger partial charge in [-0.2, -0.15) is 0 Å². The van der Waals surface area contributed by atoms with Crippen LogP contribution in [0.1, 0.15) is 68.7 Å². The van der Waals surface area contributed by atoms with Crippen LogP contribution < -0.4 is 10.1 Å². The minimum absolute atomic E-state index is 0.0955. The molecular formula is C21H28N4O2. The van der Waals surface area contributed by atoms with E-state index in [1.54, 1.807) is 0 Å². The first-order chi connectivity index (χ1) is 13.3. The molecule has 1 amide bonds. The average molecular weight is 368 g/mol. The van der Waals surface area contributed by atoms with Crippen molar-refractivity contribution in [1.29, 1.82) is 0 Å². The Kier molecular flexibility index (Phi) is 5.70. The predicted octanol–water partition coefficient (Wildman–Crippen LogP) is 4.07. The molecule has 1 fully saturated rings. The molecule has 1 N–H and O–H groups in total. The molecule has 0 radical (unpaired) electrons. The molecule has 6 nitrogen and oxygen atoms in total. The number of carbonyl (C=O) groups is 1. The highest BCUT2D eigenvalue weighted by Gasteiger charge is 2.18. The molecule has 6 heteroatoms. The van der Waals surface area contributed by atoms with E-state index in [1.807, 2.05) is 18.3 Å². The van der Waals surface area contributed by atoms with Crippen molar-refractivity contribution in [2.24, 2.45) is 0 Å². The quantitative estimate of drug-likeness (QED) is 0.748. The minimum Gasteiger partial charge on any atom is -0.494 e. The van der Waals surface area contributed by atoms with E-state index >= 15 is 0 Å². The monoisotopic (exact) mass is 368 g/mol. The summed E-state index contributed by atoms with van der Waals surface area (Å²) in [5.41, 5.74) is 3.34. The Morgan fingerprint density at radius 3 is 2.93 bits per heavy atom. The first-order valence-corrected chi connectivity index (χ1v) is 10.2. The molecule has 1 aliphatic carbocycles. The fourth-order valence-electron chi connectivity index (χ4n) is 4.12. The molecule has 0 unspecified atom stereocenters. The zero-order chi connectivity index (χ0) is 18.5. The number of hydrogen-bond donors (Lipinski definition) is 1. The third-order valence-electron chi connectivity index (χ3n) is 5.64. The number of ether oxygens (including phenoxy) is 1. The molecule has 2 aromatic rings. The molecule has 1 aromatic carbocycles. The summed E-state index contributed by atoms with van der Waals surface area (Å²) in [5.74, 6) is 0.983. The third kappa shape index (κ3) is 4.49. The second kappa shape index (κ2) is 8.55. The van der Waals surface area contributed by atoms with Gasteiger partial charge >= 0.3 is 0 Å². The van der Waals surface area contributed by atoms with Crippen molar-refractivity contribution in [2.75, 3.05) is 11.9 Å². The molecule has 0 atom stereocenters. The van der Waals surface area contributed by atoms with Crippen LogP contribution >= 0.6 is 0 Å². The summed E-state index contributed by atoms with van der Waals surface area (Å²) in [4.78, 5) is 11.4. The summed E-state index contributed by atoms with van der Waals surface area (Å²) in [5, 5.41) is 11.4. The number of hydrogen-bond acceptors (Lipinski definition) is 4. The van der Waals surface area contributed by atoms with Crippen LogP contribution in [0.2, 0.25) is 0 Å². The van der Waals surface area contributed by atoms with Crippen LogP contribution in [0.3, 0.4) is 0 Å². The second-order valence-corrected chi connectivity index (χ2v) is 7.63. The summed E-state index contributed by atoms with van der Waals surface area (Å²) in [6.07, 6.45) is 12.8. The van der Waals surface area contributed by atoms with Crippen molar-refractivity contribution in [2.45, 2.75) is 70.3 Å². The lowest BCUT2D eigenvalue weighted by atomic mass is 9.95. The van der Waals surface area contributed by atoms with Crippen molar-refractivity contribution < 1.29 is 9.53 Å². The van der Waals surface area contributed by atoms with Gasteiger partial charge in [-0.3, -0.25) is 4.79 Å². The molecule has 1 aliphatic heterocycles. The van der Waals surface area contributed by atoms with Crippen molar-refractivity contribution in [3.63, 3.8) is 0 Å². The third-order valence-corrected chi connectivity index (χ3v) is 5.64. The number of aromatic nitrogens is 3. The second-order valence-electron chi connectivity index (χ2n) is 7.63. The predicted molar refractivity (Wildman–Crippen MR) is 104 cm³/mol. The molecule has 144 valence electrons. The van der Waals surface area contributed by atoms with Gasteiger partial charge in [-0.1, -0.05) is 24.5 Å². The summed E-state index contributed by atoms with van der Waals surface area (Å²) in [6, 6.07) is 6.47. The highest BCUT2D eigenvalue weighted by atomic mass is 16.5. The molecule has 0 bridgehead atoms. The van der Waals surface area contributed by atoms with E-state index < -0.39 is 0 Å². The topological polar surface area (TPSA) is 69.0 Å². The number of carbonyl (C=O) groups excluding carboxylic acids is 1. The normalized spacial score (nSPS) is 17.4. The molecule has 1 saturated carbocycles. The number of amides is 1. The van der Waals surface area contributed by atoms with Gasteiger partial charge < -0.3 is 10.1 Å². The average Bonchev–Trinajstić information content (AvgIpc) is 3.17. The highest BCUT2D eigenvalue weighted by molar-refractivity contribution is 5.93. The van der Waals surface area contributed by atoms with E-state index in [1.165, 1.54) is 37.8 Å². The Labute approximate surface area is 160 Å². The smallest absolute Gasteiger partial charge is 0.224 e. The zero-order valence-electron chi connectivity index (χ0n) is 15.8. The van der Waals surface area contributed by atoms with Crippen LogP contribution in [-0.4, -0.2) is 27.5 Å². The van der Waals surface area contributed by atoms with Crippen LogP contribution in [0.5, 0.6) is 5.75 Å².